The first-order valence-electron chi connectivity index (χ1n) is 7.37. The molecule has 3 rings (SSSR count). The SMILES string of the molecule is CCCC1C(=O)NC(=O)N(C2CCCc3sccc32)C1=O. The van der Waals surface area contributed by atoms with Crippen LogP contribution in [0, 0.1) is 5.92 Å². The van der Waals surface area contributed by atoms with E-state index in [1.807, 2.05) is 18.4 Å². The summed E-state index contributed by atoms with van der Waals surface area (Å²) in [7, 11) is 0. The third-order valence-corrected chi connectivity index (χ3v) is 5.21. The highest BCUT2D eigenvalue weighted by molar-refractivity contribution is 7.10. The summed E-state index contributed by atoms with van der Waals surface area (Å²) in [6.45, 7) is 1.93. The largest absolute Gasteiger partial charge is 0.331 e. The Bertz CT molecular complexity index is 595. The van der Waals surface area contributed by atoms with Crippen molar-refractivity contribution in [3.8, 4) is 0 Å². The van der Waals surface area contributed by atoms with Crippen LogP contribution < -0.4 is 5.32 Å². The predicted molar refractivity (Wildman–Crippen MR) is 78.8 cm³/mol. The number of barbiturate groups is 1. The lowest BCUT2D eigenvalue weighted by molar-refractivity contribution is -0.144. The lowest BCUT2D eigenvalue weighted by Gasteiger charge is -2.37. The van der Waals surface area contributed by atoms with E-state index >= 15 is 0 Å². The van der Waals surface area contributed by atoms with Gasteiger partial charge in [-0.3, -0.25) is 19.8 Å². The third kappa shape index (κ3) is 2.37. The zero-order valence-corrected chi connectivity index (χ0v) is 12.7. The quantitative estimate of drug-likeness (QED) is 0.873. The van der Waals surface area contributed by atoms with Gasteiger partial charge in [0.05, 0.1) is 6.04 Å². The Morgan fingerprint density at radius 2 is 2.19 bits per heavy atom. The third-order valence-electron chi connectivity index (χ3n) is 4.21. The van der Waals surface area contributed by atoms with Gasteiger partial charge < -0.3 is 0 Å². The molecule has 2 aliphatic rings. The van der Waals surface area contributed by atoms with Gasteiger partial charge in [-0.15, -0.1) is 11.3 Å². The van der Waals surface area contributed by atoms with Crippen molar-refractivity contribution in [1.29, 1.82) is 0 Å². The minimum Gasteiger partial charge on any atom is -0.277 e. The molecule has 1 N–H and O–H groups in total. The van der Waals surface area contributed by atoms with Gasteiger partial charge in [0, 0.05) is 4.88 Å². The van der Waals surface area contributed by atoms with Gasteiger partial charge in [0.2, 0.25) is 11.8 Å². The molecule has 6 heteroatoms. The van der Waals surface area contributed by atoms with E-state index in [9.17, 15) is 14.4 Å². The first kappa shape index (κ1) is 14.3. The number of urea groups is 1. The first-order chi connectivity index (χ1) is 10.1. The fourth-order valence-electron chi connectivity index (χ4n) is 3.20. The van der Waals surface area contributed by atoms with E-state index < -0.39 is 17.9 Å². The number of rotatable bonds is 3. The Morgan fingerprint density at radius 3 is 2.95 bits per heavy atom. The molecule has 1 fully saturated rings. The number of carbonyl (C=O) groups excluding carboxylic acids is 3. The Kier molecular flexibility index (Phi) is 3.80. The number of fused-ring (bicyclic) bond motifs is 1. The fourth-order valence-corrected chi connectivity index (χ4v) is 4.18. The highest BCUT2D eigenvalue weighted by Gasteiger charge is 2.44. The van der Waals surface area contributed by atoms with E-state index in [0.29, 0.717) is 6.42 Å². The maximum Gasteiger partial charge on any atom is 0.331 e. The molecule has 0 spiro atoms. The summed E-state index contributed by atoms with van der Waals surface area (Å²) in [5, 5.41) is 4.35. The van der Waals surface area contributed by atoms with E-state index in [1.54, 1.807) is 11.3 Å². The van der Waals surface area contributed by atoms with Crippen molar-refractivity contribution in [2.45, 2.75) is 45.1 Å². The van der Waals surface area contributed by atoms with Crippen LogP contribution in [-0.2, 0) is 16.0 Å². The number of imide groups is 2. The van der Waals surface area contributed by atoms with Crippen molar-refractivity contribution < 1.29 is 14.4 Å². The van der Waals surface area contributed by atoms with Gasteiger partial charge in [-0.1, -0.05) is 13.3 Å². The molecule has 1 aliphatic carbocycles. The van der Waals surface area contributed by atoms with Crippen LogP contribution in [0.4, 0.5) is 4.79 Å². The van der Waals surface area contributed by atoms with E-state index in [0.717, 1.165) is 31.2 Å². The second-order valence-electron chi connectivity index (χ2n) is 5.55. The van der Waals surface area contributed by atoms with Crippen molar-refractivity contribution >= 4 is 29.2 Å². The van der Waals surface area contributed by atoms with Crippen molar-refractivity contribution in [1.82, 2.24) is 10.2 Å². The summed E-state index contributed by atoms with van der Waals surface area (Å²) in [6.07, 6.45) is 3.96. The Hall–Kier alpha value is -1.69. The summed E-state index contributed by atoms with van der Waals surface area (Å²) in [5.41, 5.74) is 1.07. The molecule has 1 aromatic rings. The second-order valence-corrected chi connectivity index (χ2v) is 6.55. The minimum absolute atomic E-state index is 0.222. The van der Waals surface area contributed by atoms with Crippen LogP contribution in [0.1, 0.15) is 49.1 Å². The fraction of sp³-hybridized carbons (Fsp3) is 0.533. The minimum atomic E-state index is -0.725. The highest BCUT2D eigenvalue weighted by atomic mass is 32.1. The van der Waals surface area contributed by atoms with Crippen LogP contribution in [0.2, 0.25) is 0 Å². The smallest absolute Gasteiger partial charge is 0.277 e. The highest BCUT2D eigenvalue weighted by Crippen LogP contribution is 2.38. The standard InChI is InChI=1S/C15H18N2O3S/c1-2-4-10-13(18)16-15(20)17(14(10)19)11-5-3-6-12-9(11)7-8-21-12/h7-8,10-11H,2-6H2,1H3,(H,16,18,20). The number of hydrogen-bond acceptors (Lipinski definition) is 4. The zero-order valence-electron chi connectivity index (χ0n) is 11.9. The number of carbonyl (C=O) groups is 3. The van der Waals surface area contributed by atoms with Gasteiger partial charge in [0.25, 0.3) is 0 Å². The molecule has 2 atom stereocenters. The number of aryl methyl sites for hydroxylation is 1. The summed E-state index contributed by atoms with van der Waals surface area (Å²) < 4.78 is 0. The van der Waals surface area contributed by atoms with Crippen LogP contribution >= 0.6 is 11.3 Å². The van der Waals surface area contributed by atoms with Crippen LogP contribution in [0.15, 0.2) is 11.4 Å². The van der Waals surface area contributed by atoms with Gasteiger partial charge in [0.1, 0.15) is 5.92 Å². The average molecular weight is 306 g/mol. The zero-order chi connectivity index (χ0) is 15.0. The van der Waals surface area contributed by atoms with Crippen LogP contribution in [-0.4, -0.2) is 22.7 Å². The second kappa shape index (κ2) is 5.60. The van der Waals surface area contributed by atoms with E-state index in [-0.39, 0.29) is 11.9 Å². The predicted octanol–water partition coefficient (Wildman–Crippen LogP) is 2.62. The molecule has 5 nitrogen and oxygen atoms in total. The molecular formula is C15H18N2O3S. The molecule has 21 heavy (non-hydrogen) atoms. The first-order valence-corrected chi connectivity index (χ1v) is 8.25. The summed E-state index contributed by atoms with van der Waals surface area (Å²) in [6, 6.07) is 1.21. The van der Waals surface area contributed by atoms with Crippen LogP contribution in [0.3, 0.4) is 0 Å². The monoisotopic (exact) mass is 306 g/mol. The Morgan fingerprint density at radius 1 is 1.38 bits per heavy atom. The molecule has 0 aromatic carbocycles. The Balaban J connectivity index is 1.93. The van der Waals surface area contributed by atoms with Gasteiger partial charge in [-0.2, -0.15) is 0 Å². The molecular weight excluding hydrogens is 288 g/mol. The van der Waals surface area contributed by atoms with E-state index in [1.165, 1.54) is 9.78 Å². The lowest BCUT2D eigenvalue weighted by Crippen LogP contribution is -2.58. The topological polar surface area (TPSA) is 66.5 Å². The summed E-state index contributed by atoms with van der Waals surface area (Å²) >= 11 is 1.67. The summed E-state index contributed by atoms with van der Waals surface area (Å²) in [5.74, 6) is -1.52. The maximum atomic E-state index is 12.6. The molecule has 4 amide bonds. The molecule has 0 saturated carbocycles. The van der Waals surface area contributed by atoms with E-state index in [4.69, 9.17) is 0 Å². The molecule has 112 valence electrons. The maximum absolute atomic E-state index is 12.6. The number of nitrogens with one attached hydrogen (secondary N) is 1. The molecule has 0 bridgehead atoms. The van der Waals surface area contributed by atoms with Crippen molar-refractivity contribution in [3.63, 3.8) is 0 Å². The number of nitrogens with zero attached hydrogens (tertiary/aromatic N) is 1. The van der Waals surface area contributed by atoms with Crippen LogP contribution in [0.5, 0.6) is 0 Å². The van der Waals surface area contributed by atoms with Crippen molar-refractivity contribution in [2.75, 3.05) is 0 Å². The summed E-state index contributed by atoms with van der Waals surface area (Å²) in [4.78, 5) is 39.2. The lowest BCUT2D eigenvalue weighted by atomic mass is 9.90. The normalized spacial score (nSPS) is 25.8. The molecule has 1 aliphatic heterocycles. The molecule has 0 radical (unpaired) electrons. The van der Waals surface area contributed by atoms with Gasteiger partial charge in [-0.25, -0.2) is 4.79 Å². The molecule has 2 heterocycles. The number of amides is 4. The van der Waals surface area contributed by atoms with Gasteiger partial charge in [0.15, 0.2) is 0 Å². The number of hydrogen-bond donors (Lipinski definition) is 1. The average Bonchev–Trinajstić information content (AvgIpc) is 2.92. The molecule has 1 saturated heterocycles. The number of thiophene rings is 1. The van der Waals surface area contributed by atoms with Gasteiger partial charge >= 0.3 is 6.03 Å². The molecule has 1 aromatic heterocycles. The van der Waals surface area contributed by atoms with Crippen molar-refractivity contribution in [3.05, 3.63) is 21.9 Å². The van der Waals surface area contributed by atoms with Crippen LogP contribution in [0.25, 0.3) is 0 Å². The molecule has 2 unspecified atom stereocenters. The van der Waals surface area contributed by atoms with E-state index in [2.05, 4.69) is 5.32 Å². The van der Waals surface area contributed by atoms with Gasteiger partial charge in [-0.05, 0) is 42.7 Å². The van der Waals surface area contributed by atoms with Crippen molar-refractivity contribution in [2.24, 2.45) is 5.92 Å². The Labute approximate surface area is 127 Å².